The number of nitrogens with zero attached hydrogens (tertiary/aromatic N) is 4. The number of hydrogen-bond donors (Lipinski definition) is 3. The maximum Gasteiger partial charge on any atom is 0.406 e. The summed E-state index contributed by atoms with van der Waals surface area (Å²) in [7, 11) is 2.53. The van der Waals surface area contributed by atoms with Crippen LogP contribution < -0.4 is 16.0 Å². The van der Waals surface area contributed by atoms with Gasteiger partial charge in [0.1, 0.15) is 54.9 Å². The van der Waals surface area contributed by atoms with Crippen LogP contribution in [0.1, 0.15) is 21.3 Å². The highest BCUT2D eigenvalue weighted by Crippen LogP contribution is 2.19. The Morgan fingerprint density at radius 2 is 0.805 bits per heavy atom. The molecule has 2 heterocycles. The zero-order valence-corrected chi connectivity index (χ0v) is 46.8. The van der Waals surface area contributed by atoms with E-state index >= 15 is 0 Å². The largest absolute Gasteiger partial charge is 0.465 e. The number of alkyl carbamates (subject to hydrolysis) is 2. The standard InChI is InChI=1S/C25H42N4O12S2.C19H31N3O9S2.CH4/c1-20(30)26-3-8-36-12-14-38-18-22(32)40-10-5-28(17-21(31)29-7-16-43-25(29)42)6-11-41-23(33)19-39-15-13-37-9-4-27-24(34)35-2;1-15(23)30-8-4-21(13-16(24)22-6-12-33-19(22)32)5-9-31-17(25)14-29-11-10-28-7-3-20-18(26)27-2;/h3-19H2,1-2H3,(H,26,30)(H,27,34);3-14H2,1-2H3,(H,20,26);1H4. The van der Waals surface area contributed by atoms with Crippen LogP contribution in [0.15, 0.2) is 0 Å². The molecule has 0 radical (unpaired) electrons. The number of esters is 4. The van der Waals surface area contributed by atoms with E-state index in [-0.39, 0.29) is 164 Å². The zero-order chi connectivity index (χ0) is 56.2. The van der Waals surface area contributed by atoms with Crippen LogP contribution in [0.5, 0.6) is 0 Å². The summed E-state index contributed by atoms with van der Waals surface area (Å²) < 4.78 is 61.8. The van der Waals surface area contributed by atoms with Crippen molar-refractivity contribution in [2.75, 3.05) is 203 Å². The lowest BCUT2D eigenvalue weighted by Crippen LogP contribution is -2.43. The van der Waals surface area contributed by atoms with E-state index < -0.39 is 36.1 Å². The average molecular weight is 1180 g/mol. The lowest BCUT2D eigenvalue weighted by Gasteiger charge is -2.24. The molecule has 0 bridgehead atoms. The summed E-state index contributed by atoms with van der Waals surface area (Å²) in [6.45, 7) is 7.37. The van der Waals surface area contributed by atoms with Crippen molar-refractivity contribution in [3.63, 3.8) is 0 Å². The Bertz CT molecular complexity index is 1800. The molecule has 2 rings (SSSR count). The van der Waals surface area contributed by atoms with Crippen LogP contribution in [0.25, 0.3) is 0 Å². The molecule has 5 amide bonds. The summed E-state index contributed by atoms with van der Waals surface area (Å²) in [5, 5.41) is 7.52. The van der Waals surface area contributed by atoms with Gasteiger partial charge in [-0.2, -0.15) is 0 Å². The SMILES string of the molecule is C.COC(=O)NCCOCCOCC(=O)OCCN(CCOC(=O)COCCOCCNC(C)=O)CC(=O)N1CCSC1=S.COC(=O)NCCOCCOCC(=O)OCCN(CCOC(C)=O)CC(=O)N1CCSC1=S. The highest BCUT2D eigenvalue weighted by molar-refractivity contribution is 8.23. The highest BCUT2D eigenvalue weighted by Gasteiger charge is 2.27. The molecule has 2 aliphatic heterocycles. The van der Waals surface area contributed by atoms with Crippen molar-refractivity contribution >= 4 is 110 Å². The third-order valence-corrected chi connectivity index (χ3v) is 12.2. The fraction of sp³-hybridized carbons (Fsp3) is 0.756. The van der Waals surface area contributed by atoms with Gasteiger partial charge in [0.25, 0.3) is 0 Å². The molecule has 0 aliphatic carbocycles. The van der Waals surface area contributed by atoms with Crippen molar-refractivity contribution in [2.45, 2.75) is 21.3 Å². The predicted molar refractivity (Wildman–Crippen MR) is 287 cm³/mol. The molecule has 0 unspecified atom stereocenters. The Balaban J connectivity index is 0.00000153. The average Bonchev–Trinajstić information content (AvgIpc) is 4.03. The lowest BCUT2D eigenvalue weighted by atomic mass is 10.4. The van der Waals surface area contributed by atoms with Gasteiger partial charge in [-0.05, 0) is 0 Å². The first kappa shape index (κ1) is 72.4. The fourth-order valence-electron chi connectivity index (χ4n) is 5.66. The predicted octanol–water partition coefficient (Wildman–Crippen LogP) is -0.926. The summed E-state index contributed by atoms with van der Waals surface area (Å²) in [4.78, 5) is 111. The quantitative estimate of drug-likeness (QED) is 0.0289. The minimum atomic E-state index is -0.585. The van der Waals surface area contributed by atoms with E-state index in [0.717, 1.165) is 11.5 Å². The monoisotopic (exact) mass is 1180 g/mol. The number of amides is 5. The summed E-state index contributed by atoms with van der Waals surface area (Å²) in [6.07, 6.45) is -1.09. The van der Waals surface area contributed by atoms with Crippen LogP contribution in [-0.4, -0.2) is 285 Å². The van der Waals surface area contributed by atoms with Crippen LogP contribution in [-0.2, 0) is 90.4 Å². The van der Waals surface area contributed by atoms with Crippen LogP contribution in [0.3, 0.4) is 0 Å². The van der Waals surface area contributed by atoms with Crippen molar-refractivity contribution in [2.24, 2.45) is 0 Å². The normalized spacial score (nSPS) is 12.8. The minimum Gasteiger partial charge on any atom is -0.465 e. The number of carbonyl (C=O) groups excluding carboxylic acids is 9. The fourth-order valence-corrected chi connectivity index (χ4v) is 8.14. The van der Waals surface area contributed by atoms with Crippen molar-refractivity contribution in [3.8, 4) is 0 Å². The van der Waals surface area contributed by atoms with Crippen molar-refractivity contribution in [1.29, 1.82) is 0 Å². The smallest absolute Gasteiger partial charge is 0.406 e. The van der Waals surface area contributed by atoms with Crippen molar-refractivity contribution < 1.29 is 100.0 Å². The van der Waals surface area contributed by atoms with Gasteiger partial charge in [-0.1, -0.05) is 55.4 Å². The molecule has 0 saturated carbocycles. The number of thiocarbonyl (C=S) groups is 2. The number of thioether (sulfide) groups is 2. The maximum absolute atomic E-state index is 12.7. The van der Waals surface area contributed by atoms with Crippen molar-refractivity contribution in [3.05, 3.63) is 0 Å². The maximum atomic E-state index is 12.7. The Morgan fingerprint density at radius 3 is 1.10 bits per heavy atom. The van der Waals surface area contributed by atoms with Gasteiger partial charge < -0.3 is 72.8 Å². The van der Waals surface area contributed by atoms with E-state index in [1.807, 2.05) is 0 Å². The molecule has 2 aliphatic rings. The van der Waals surface area contributed by atoms with Gasteiger partial charge in [-0.25, -0.2) is 24.0 Å². The van der Waals surface area contributed by atoms with E-state index in [0.29, 0.717) is 48.0 Å². The van der Waals surface area contributed by atoms with Crippen molar-refractivity contribution in [1.82, 2.24) is 35.6 Å². The van der Waals surface area contributed by atoms with Crippen LogP contribution in [0.4, 0.5) is 9.59 Å². The zero-order valence-electron chi connectivity index (χ0n) is 43.5. The van der Waals surface area contributed by atoms with Gasteiger partial charge in [0.2, 0.25) is 17.7 Å². The number of methoxy groups -OCH3 is 2. The minimum absolute atomic E-state index is 0. The molecular formula is C45H77N7O21S4. The molecule has 3 N–H and O–H groups in total. The number of nitrogens with one attached hydrogen (secondary N) is 3. The lowest BCUT2D eigenvalue weighted by molar-refractivity contribution is -0.151. The Labute approximate surface area is 468 Å². The number of ether oxygens (including phenoxy) is 12. The molecule has 0 spiro atoms. The van der Waals surface area contributed by atoms with Crippen LogP contribution in [0.2, 0.25) is 0 Å². The number of rotatable bonds is 40. The third kappa shape index (κ3) is 40.3. The summed E-state index contributed by atoms with van der Waals surface area (Å²) in [6, 6.07) is 0. The van der Waals surface area contributed by atoms with Crippen LogP contribution in [0, 0.1) is 0 Å². The molecule has 0 aromatic rings. The Hall–Kier alpha value is -4.61. The molecular weight excluding hydrogens is 1100 g/mol. The number of carbonyl (C=O) groups is 9. The molecule has 32 heteroatoms. The second-order valence-electron chi connectivity index (χ2n) is 15.2. The first-order chi connectivity index (χ1) is 36.6. The van der Waals surface area contributed by atoms with E-state index in [1.165, 1.54) is 56.5 Å². The second kappa shape index (κ2) is 47.4. The molecule has 77 heavy (non-hydrogen) atoms. The molecule has 2 saturated heterocycles. The van der Waals surface area contributed by atoms with Gasteiger partial charge in [-0.3, -0.25) is 38.8 Å². The molecule has 0 aromatic carbocycles. The molecule has 0 atom stereocenters. The van der Waals surface area contributed by atoms with Crippen LogP contribution >= 0.6 is 48.0 Å². The number of hydrogen-bond acceptors (Lipinski definition) is 27. The van der Waals surface area contributed by atoms with Gasteiger partial charge in [-0.15, -0.1) is 0 Å². The second-order valence-corrected chi connectivity index (χ2v) is 18.6. The third-order valence-electron chi connectivity index (χ3n) is 9.36. The van der Waals surface area contributed by atoms with Gasteiger partial charge in [0.05, 0.1) is 86.8 Å². The van der Waals surface area contributed by atoms with E-state index in [1.54, 1.807) is 14.7 Å². The molecule has 0 aromatic heterocycles. The van der Waals surface area contributed by atoms with E-state index in [2.05, 4.69) is 25.4 Å². The van der Waals surface area contributed by atoms with Gasteiger partial charge in [0, 0.05) is 84.3 Å². The Kier molecular flexibility index (Phi) is 44.6. The molecule has 2 fully saturated rings. The van der Waals surface area contributed by atoms with Gasteiger partial charge >= 0.3 is 36.1 Å². The summed E-state index contributed by atoms with van der Waals surface area (Å²) in [5.74, 6) is -1.11. The molecule has 28 nitrogen and oxygen atoms in total. The Morgan fingerprint density at radius 1 is 0.481 bits per heavy atom. The van der Waals surface area contributed by atoms with E-state index in [4.69, 9.17) is 71.8 Å². The molecule has 442 valence electrons. The van der Waals surface area contributed by atoms with Gasteiger partial charge in [0.15, 0.2) is 0 Å². The first-order valence-electron chi connectivity index (χ1n) is 23.9. The summed E-state index contributed by atoms with van der Waals surface area (Å²) >= 11 is 13.3. The van der Waals surface area contributed by atoms with E-state index in [9.17, 15) is 43.2 Å². The highest BCUT2D eigenvalue weighted by atomic mass is 32.2. The topological polar surface area (TPSA) is 313 Å². The summed E-state index contributed by atoms with van der Waals surface area (Å²) in [5.41, 5.74) is 0. The first-order valence-corrected chi connectivity index (χ1v) is 26.7.